The van der Waals surface area contributed by atoms with Gasteiger partial charge in [0.1, 0.15) is 11.7 Å². The third-order valence-corrected chi connectivity index (χ3v) is 5.26. The minimum absolute atomic E-state index is 0.0807. The van der Waals surface area contributed by atoms with Crippen LogP contribution in [0.2, 0.25) is 0 Å². The number of likely N-dealkylation sites (N-methyl/N-ethyl adjacent to an activating group) is 1. The van der Waals surface area contributed by atoms with Crippen molar-refractivity contribution < 1.29 is 14.0 Å². The van der Waals surface area contributed by atoms with Gasteiger partial charge in [0.05, 0.1) is 23.5 Å². The monoisotopic (exact) mass is 430 g/mol. The van der Waals surface area contributed by atoms with Crippen LogP contribution in [0.5, 0.6) is 0 Å². The largest absolute Gasteiger partial charge is 0.358 e. The molecule has 0 aromatic heterocycles. The van der Waals surface area contributed by atoms with E-state index in [-0.39, 0.29) is 17.2 Å². The zero-order valence-corrected chi connectivity index (χ0v) is 17.9. The van der Waals surface area contributed by atoms with Gasteiger partial charge in [0.2, 0.25) is 0 Å². The van der Waals surface area contributed by atoms with Gasteiger partial charge >= 0.3 is 0 Å². The second kappa shape index (κ2) is 9.01. The Morgan fingerprint density at radius 1 is 0.938 bits per heavy atom. The van der Waals surface area contributed by atoms with Crippen molar-refractivity contribution in [3.63, 3.8) is 0 Å². The van der Waals surface area contributed by atoms with Gasteiger partial charge in [-0.05, 0) is 48.9 Å². The van der Waals surface area contributed by atoms with Crippen LogP contribution in [0.15, 0.2) is 71.7 Å². The average molecular weight is 430 g/mol. The highest BCUT2D eigenvalue weighted by molar-refractivity contribution is 6.12. The summed E-state index contributed by atoms with van der Waals surface area (Å²) in [4.78, 5) is 32.1. The van der Waals surface area contributed by atoms with Gasteiger partial charge in [-0.1, -0.05) is 30.3 Å². The predicted octanol–water partition coefficient (Wildman–Crippen LogP) is 4.33. The van der Waals surface area contributed by atoms with Crippen LogP contribution in [-0.4, -0.2) is 42.7 Å². The van der Waals surface area contributed by atoms with Crippen molar-refractivity contribution in [1.82, 2.24) is 4.90 Å². The van der Waals surface area contributed by atoms with E-state index in [0.29, 0.717) is 11.3 Å². The van der Waals surface area contributed by atoms with Crippen molar-refractivity contribution in [3.05, 3.63) is 94.8 Å². The number of amidine groups is 1. The fourth-order valence-electron chi connectivity index (χ4n) is 3.51. The summed E-state index contributed by atoms with van der Waals surface area (Å²) in [6.07, 6.45) is 0. The summed E-state index contributed by atoms with van der Waals surface area (Å²) in [5, 5.41) is 5.35. The lowest BCUT2D eigenvalue weighted by molar-refractivity contribution is 0.102. The number of nitrogens with zero attached hydrogens (tertiary/aromatic N) is 2. The fourth-order valence-corrected chi connectivity index (χ4v) is 3.51. The Hall–Kier alpha value is -4.00. The summed E-state index contributed by atoms with van der Waals surface area (Å²) in [6, 6.07) is 18.4. The number of hydrogen-bond acceptors (Lipinski definition) is 4. The molecule has 2 N–H and O–H groups in total. The molecule has 3 aromatic carbocycles. The second-order valence-electron chi connectivity index (χ2n) is 7.64. The van der Waals surface area contributed by atoms with Gasteiger partial charge in [0.15, 0.2) is 0 Å². The van der Waals surface area contributed by atoms with Gasteiger partial charge in [0, 0.05) is 24.7 Å². The van der Waals surface area contributed by atoms with Crippen LogP contribution in [0, 0.1) is 12.7 Å². The molecular weight excluding hydrogens is 407 g/mol. The third-order valence-electron chi connectivity index (χ3n) is 5.26. The van der Waals surface area contributed by atoms with E-state index in [2.05, 4.69) is 20.5 Å². The van der Waals surface area contributed by atoms with Crippen LogP contribution in [0.3, 0.4) is 0 Å². The van der Waals surface area contributed by atoms with Crippen molar-refractivity contribution in [2.45, 2.75) is 6.92 Å². The van der Waals surface area contributed by atoms with Crippen LogP contribution in [0.1, 0.15) is 31.8 Å². The third kappa shape index (κ3) is 4.51. The number of nitrogens with one attached hydrogen (secondary N) is 2. The Labute approximate surface area is 185 Å². The van der Waals surface area contributed by atoms with Gasteiger partial charge in [-0.25, -0.2) is 4.39 Å². The van der Waals surface area contributed by atoms with Gasteiger partial charge in [-0.15, -0.1) is 0 Å². The summed E-state index contributed by atoms with van der Waals surface area (Å²) in [6.45, 7) is 3.41. The van der Waals surface area contributed by atoms with E-state index in [1.807, 2.05) is 19.2 Å². The zero-order chi connectivity index (χ0) is 22.7. The molecule has 0 spiro atoms. The molecule has 0 radical (unpaired) electrons. The molecule has 0 bridgehead atoms. The Bertz CT molecular complexity index is 1200. The van der Waals surface area contributed by atoms with Gasteiger partial charge in [-0.3, -0.25) is 14.6 Å². The topological polar surface area (TPSA) is 73.8 Å². The molecule has 4 rings (SSSR count). The average Bonchev–Trinajstić information content (AvgIpc) is 3.22. The van der Waals surface area contributed by atoms with E-state index in [1.165, 1.54) is 12.1 Å². The molecule has 2 amide bonds. The van der Waals surface area contributed by atoms with E-state index in [0.717, 1.165) is 30.1 Å². The molecule has 1 aliphatic rings. The summed E-state index contributed by atoms with van der Waals surface area (Å²) in [5.41, 5.74) is 2.81. The highest BCUT2D eigenvalue weighted by atomic mass is 19.1. The molecule has 32 heavy (non-hydrogen) atoms. The van der Waals surface area contributed by atoms with E-state index in [9.17, 15) is 14.0 Å². The molecular formula is C25H23FN4O2. The van der Waals surface area contributed by atoms with Crippen molar-refractivity contribution >= 4 is 29.0 Å². The SMILES string of the molecule is Cc1ccc(NC(=O)c2ccccc2NC(=O)c2ccc(C3=NCCN3C)cc2)c(F)c1. The molecule has 0 aliphatic carbocycles. The first kappa shape index (κ1) is 21.2. The molecule has 0 unspecified atom stereocenters. The number of carbonyl (C=O) groups is 2. The number of aliphatic imine (C=N–C) groups is 1. The Kier molecular flexibility index (Phi) is 5.98. The summed E-state index contributed by atoms with van der Waals surface area (Å²) < 4.78 is 14.1. The number of hydrogen-bond donors (Lipinski definition) is 2. The molecule has 6 nitrogen and oxygen atoms in total. The molecule has 162 valence electrons. The van der Waals surface area contributed by atoms with Crippen LogP contribution in [-0.2, 0) is 0 Å². The number of benzene rings is 3. The Morgan fingerprint density at radius 3 is 2.34 bits per heavy atom. The first-order valence-corrected chi connectivity index (χ1v) is 10.3. The molecule has 0 saturated heterocycles. The second-order valence-corrected chi connectivity index (χ2v) is 7.64. The van der Waals surface area contributed by atoms with Crippen LogP contribution >= 0.6 is 0 Å². The summed E-state index contributed by atoms with van der Waals surface area (Å²) in [7, 11) is 1.98. The number of carbonyl (C=O) groups excluding carboxylic acids is 2. The Balaban J connectivity index is 1.50. The summed E-state index contributed by atoms with van der Waals surface area (Å²) >= 11 is 0. The van der Waals surface area contributed by atoms with Crippen LogP contribution in [0.25, 0.3) is 0 Å². The number of anilines is 2. The number of rotatable bonds is 5. The maximum Gasteiger partial charge on any atom is 0.257 e. The number of halogens is 1. The number of aryl methyl sites for hydroxylation is 1. The minimum Gasteiger partial charge on any atom is -0.358 e. The van der Waals surface area contributed by atoms with Crippen LogP contribution in [0.4, 0.5) is 15.8 Å². The van der Waals surface area contributed by atoms with E-state index >= 15 is 0 Å². The van der Waals surface area contributed by atoms with Crippen LogP contribution < -0.4 is 10.6 Å². The van der Waals surface area contributed by atoms with Gasteiger partial charge in [-0.2, -0.15) is 0 Å². The van der Waals surface area contributed by atoms with E-state index in [4.69, 9.17) is 0 Å². The number of amides is 2. The lowest BCUT2D eigenvalue weighted by Crippen LogP contribution is -2.23. The van der Waals surface area contributed by atoms with Gasteiger partial charge in [0.25, 0.3) is 11.8 Å². The Morgan fingerprint density at radius 2 is 1.66 bits per heavy atom. The van der Waals surface area contributed by atoms with Crippen molar-refractivity contribution in [2.24, 2.45) is 4.99 Å². The number of para-hydroxylation sites is 1. The van der Waals surface area contributed by atoms with Gasteiger partial charge < -0.3 is 15.5 Å². The molecule has 7 heteroatoms. The molecule has 0 atom stereocenters. The highest BCUT2D eigenvalue weighted by Crippen LogP contribution is 2.21. The quantitative estimate of drug-likeness (QED) is 0.633. The predicted molar refractivity (Wildman–Crippen MR) is 124 cm³/mol. The lowest BCUT2D eigenvalue weighted by Gasteiger charge is -2.14. The molecule has 0 fully saturated rings. The normalized spacial score (nSPS) is 13.0. The molecule has 1 aliphatic heterocycles. The van der Waals surface area contributed by atoms with Crippen molar-refractivity contribution in [1.29, 1.82) is 0 Å². The smallest absolute Gasteiger partial charge is 0.257 e. The first-order valence-electron chi connectivity index (χ1n) is 10.3. The zero-order valence-electron chi connectivity index (χ0n) is 17.9. The highest BCUT2D eigenvalue weighted by Gasteiger charge is 2.17. The lowest BCUT2D eigenvalue weighted by atomic mass is 10.1. The summed E-state index contributed by atoms with van der Waals surface area (Å²) in [5.74, 6) is -0.471. The maximum atomic E-state index is 14.1. The van der Waals surface area contributed by atoms with Crippen molar-refractivity contribution in [3.8, 4) is 0 Å². The van der Waals surface area contributed by atoms with E-state index in [1.54, 1.807) is 49.4 Å². The molecule has 1 heterocycles. The standard InChI is InChI=1S/C25H23FN4O2/c1-16-7-12-22(20(26)15-16)29-25(32)19-5-3-4-6-21(19)28-24(31)18-10-8-17(9-11-18)23-27-13-14-30(23)2/h3-12,15H,13-14H2,1-2H3,(H,28,31)(H,29,32). The minimum atomic E-state index is -0.516. The van der Waals surface area contributed by atoms with Crippen molar-refractivity contribution in [2.75, 3.05) is 30.8 Å². The molecule has 0 saturated carbocycles. The first-order chi connectivity index (χ1) is 15.4. The van der Waals surface area contributed by atoms with E-state index < -0.39 is 11.7 Å². The fraction of sp³-hybridized carbons (Fsp3) is 0.160. The maximum absolute atomic E-state index is 14.1. The molecule has 3 aromatic rings.